The van der Waals surface area contributed by atoms with E-state index in [4.69, 9.17) is 9.47 Å². The van der Waals surface area contributed by atoms with Crippen molar-refractivity contribution in [3.8, 4) is 11.5 Å². The lowest BCUT2D eigenvalue weighted by molar-refractivity contribution is 0.102. The number of hydrogen-bond donors (Lipinski definition) is 2. The third kappa shape index (κ3) is 5.22. The van der Waals surface area contributed by atoms with Gasteiger partial charge in [0.1, 0.15) is 11.5 Å². The van der Waals surface area contributed by atoms with Gasteiger partial charge in [0.15, 0.2) is 0 Å². The molecule has 0 bridgehead atoms. The Hall–Kier alpha value is -2.78. The van der Waals surface area contributed by atoms with E-state index in [2.05, 4.69) is 10.6 Å². The van der Waals surface area contributed by atoms with Gasteiger partial charge in [-0.1, -0.05) is 0 Å². The van der Waals surface area contributed by atoms with E-state index in [9.17, 15) is 13.2 Å². The molecular formula is C21H27N3O5S. The van der Waals surface area contributed by atoms with Crippen LogP contribution in [-0.4, -0.2) is 53.5 Å². The lowest BCUT2D eigenvalue weighted by Crippen LogP contribution is -2.23. The molecule has 2 aromatic carbocycles. The summed E-state index contributed by atoms with van der Waals surface area (Å²) >= 11 is 0. The minimum atomic E-state index is -3.70. The Morgan fingerprint density at radius 3 is 2.17 bits per heavy atom. The maximum absolute atomic E-state index is 12.9. The molecule has 1 amide bonds. The molecule has 0 aliphatic heterocycles. The molecule has 0 atom stereocenters. The SMILES string of the molecule is COc1cc(NC(=O)c2cc(NCC3CC3)cc(S(=O)(=O)N(C)C)c2)cc(OC)c1. The predicted molar refractivity (Wildman–Crippen MR) is 116 cm³/mol. The van der Waals surface area contributed by atoms with Crippen LogP contribution in [0.2, 0.25) is 0 Å². The molecule has 1 aliphatic carbocycles. The Kier molecular flexibility index (Phi) is 6.52. The van der Waals surface area contributed by atoms with Crippen LogP contribution >= 0.6 is 0 Å². The molecule has 0 radical (unpaired) electrons. The van der Waals surface area contributed by atoms with Gasteiger partial charge in [-0.25, -0.2) is 12.7 Å². The second-order valence-corrected chi connectivity index (χ2v) is 9.57. The van der Waals surface area contributed by atoms with E-state index in [1.54, 1.807) is 30.3 Å². The third-order valence-electron chi connectivity index (χ3n) is 4.85. The van der Waals surface area contributed by atoms with Crippen molar-refractivity contribution in [2.75, 3.05) is 45.5 Å². The zero-order chi connectivity index (χ0) is 21.9. The van der Waals surface area contributed by atoms with Crippen LogP contribution in [0, 0.1) is 5.92 Å². The largest absolute Gasteiger partial charge is 0.497 e. The summed E-state index contributed by atoms with van der Waals surface area (Å²) < 4.78 is 36.9. The number of anilines is 2. The molecule has 2 aromatic rings. The van der Waals surface area contributed by atoms with Gasteiger partial charge in [-0.2, -0.15) is 0 Å². The Bertz CT molecular complexity index is 1010. The highest BCUT2D eigenvalue weighted by Crippen LogP contribution is 2.30. The van der Waals surface area contributed by atoms with Crippen LogP contribution in [0.5, 0.6) is 11.5 Å². The van der Waals surface area contributed by atoms with Crippen LogP contribution in [0.25, 0.3) is 0 Å². The molecule has 30 heavy (non-hydrogen) atoms. The van der Waals surface area contributed by atoms with Crippen LogP contribution in [0.3, 0.4) is 0 Å². The Morgan fingerprint density at radius 1 is 1.00 bits per heavy atom. The number of methoxy groups -OCH3 is 2. The van der Waals surface area contributed by atoms with Crippen LogP contribution in [-0.2, 0) is 10.0 Å². The number of rotatable bonds is 9. The molecule has 1 saturated carbocycles. The Morgan fingerprint density at radius 2 is 1.63 bits per heavy atom. The van der Waals surface area contributed by atoms with Gasteiger partial charge in [-0.3, -0.25) is 4.79 Å². The van der Waals surface area contributed by atoms with Gasteiger partial charge in [-0.15, -0.1) is 0 Å². The maximum Gasteiger partial charge on any atom is 0.255 e. The van der Waals surface area contributed by atoms with Crippen molar-refractivity contribution in [1.29, 1.82) is 0 Å². The number of carbonyl (C=O) groups excluding carboxylic acids is 1. The molecule has 0 spiro atoms. The fourth-order valence-corrected chi connectivity index (χ4v) is 3.83. The van der Waals surface area contributed by atoms with Crippen LogP contribution < -0.4 is 20.1 Å². The van der Waals surface area contributed by atoms with E-state index in [0.29, 0.717) is 28.8 Å². The van der Waals surface area contributed by atoms with Crippen molar-refractivity contribution >= 4 is 27.3 Å². The normalized spacial score (nSPS) is 13.8. The number of carbonyl (C=O) groups is 1. The highest BCUT2D eigenvalue weighted by Gasteiger charge is 2.23. The van der Waals surface area contributed by atoms with E-state index >= 15 is 0 Å². The zero-order valence-electron chi connectivity index (χ0n) is 17.6. The topological polar surface area (TPSA) is 97.0 Å². The van der Waals surface area contributed by atoms with Crippen LogP contribution in [0.4, 0.5) is 11.4 Å². The molecule has 162 valence electrons. The predicted octanol–water partition coefficient (Wildman–Crippen LogP) is 3.03. The van der Waals surface area contributed by atoms with Crippen molar-refractivity contribution in [2.24, 2.45) is 5.92 Å². The molecule has 3 rings (SSSR count). The summed E-state index contributed by atoms with van der Waals surface area (Å²) in [4.78, 5) is 13.0. The minimum absolute atomic E-state index is 0.0571. The van der Waals surface area contributed by atoms with Crippen molar-refractivity contribution < 1.29 is 22.7 Å². The summed E-state index contributed by atoms with van der Waals surface area (Å²) in [6, 6.07) is 9.61. The first-order chi connectivity index (χ1) is 14.2. The standard InChI is InChI=1S/C21H27N3O5S/c1-24(2)30(26,27)20-8-15(7-16(11-20)22-13-14-5-6-14)21(25)23-17-9-18(28-3)12-19(10-17)29-4/h7-12,14,22H,5-6,13H2,1-4H3,(H,23,25). The molecule has 0 unspecified atom stereocenters. The van der Waals surface area contributed by atoms with Crippen LogP contribution in [0.15, 0.2) is 41.3 Å². The number of nitrogens with zero attached hydrogens (tertiary/aromatic N) is 1. The van der Waals surface area contributed by atoms with E-state index in [0.717, 1.165) is 23.7 Å². The van der Waals surface area contributed by atoms with Gasteiger partial charge >= 0.3 is 0 Å². The average molecular weight is 434 g/mol. The number of sulfonamides is 1. The molecule has 0 aromatic heterocycles. The van der Waals surface area contributed by atoms with Crippen LogP contribution in [0.1, 0.15) is 23.2 Å². The van der Waals surface area contributed by atoms with Crippen molar-refractivity contribution in [1.82, 2.24) is 4.31 Å². The molecule has 1 aliphatic rings. The summed E-state index contributed by atoms with van der Waals surface area (Å²) in [7, 11) is 2.26. The molecular weight excluding hydrogens is 406 g/mol. The van der Waals surface area contributed by atoms with E-state index in [-0.39, 0.29) is 10.5 Å². The highest BCUT2D eigenvalue weighted by molar-refractivity contribution is 7.89. The minimum Gasteiger partial charge on any atom is -0.497 e. The third-order valence-corrected chi connectivity index (χ3v) is 6.64. The number of nitrogens with one attached hydrogen (secondary N) is 2. The van der Waals surface area contributed by atoms with Gasteiger partial charge in [-0.05, 0) is 37.0 Å². The highest BCUT2D eigenvalue weighted by atomic mass is 32.2. The summed E-state index contributed by atoms with van der Waals surface area (Å²) in [5.74, 6) is 1.22. The lowest BCUT2D eigenvalue weighted by Gasteiger charge is -2.16. The Balaban J connectivity index is 1.92. The molecule has 0 saturated heterocycles. The monoisotopic (exact) mass is 433 g/mol. The molecule has 1 fully saturated rings. The maximum atomic E-state index is 12.9. The van der Waals surface area contributed by atoms with Crippen molar-refractivity contribution in [3.05, 3.63) is 42.0 Å². The summed E-state index contributed by atoms with van der Waals surface area (Å²) in [6.07, 6.45) is 2.32. The van der Waals surface area contributed by atoms with Gasteiger partial charge in [0.25, 0.3) is 5.91 Å². The molecule has 8 nitrogen and oxygen atoms in total. The number of amides is 1. The lowest BCUT2D eigenvalue weighted by atomic mass is 10.1. The number of ether oxygens (including phenoxy) is 2. The summed E-state index contributed by atoms with van der Waals surface area (Å²) in [5.41, 5.74) is 1.31. The Labute approximate surface area is 177 Å². The van der Waals surface area contributed by atoms with Gasteiger partial charge in [0.2, 0.25) is 10.0 Å². The van der Waals surface area contributed by atoms with Gasteiger partial charge < -0.3 is 20.1 Å². The first-order valence-corrected chi connectivity index (χ1v) is 11.0. The van der Waals surface area contributed by atoms with E-state index in [1.165, 1.54) is 34.4 Å². The van der Waals surface area contributed by atoms with E-state index in [1.807, 2.05) is 0 Å². The van der Waals surface area contributed by atoms with E-state index < -0.39 is 15.9 Å². The quantitative estimate of drug-likeness (QED) is 0.631. The molecule has 0 heterocycles. The van der Waals surface area contributed by atoms with Gasteiger partial charge in [0, 0.05) is 55.8 Å². The summed E-state index contributed by atoms with van der Waals surface area (Å²) in [5, 5.41) is 6.04. The zero-order valence-corrected chi connectivity index (χ0v) is 18.4. The molecule has 2 N–H and O–H groups in total. The molecule has 9 heteroatoms. The number of benzene rings is 2. The van der Waals surface area contributed by atoms with Gasteiger partial charge in [0.05, 0.1) is 19.1 Å². The van der Waals surface area contributed by atoms with Crippen molar-refractivity contribution in [3.63, 3.8) is 0 Å². The second kappa shape index (κ2) is 8.93. The fourth-order valence-electron chi connectivity index (χ4n) is 2.86. The second-order valence-electron chi connectivity index (χ2n) is 7.41. The number of hydrogen-bond acceptors (Lipinski definition) is 6. The first kappa shape index (κ1) is 21.9. The summed E-state index contributed by atoms with van der Waals surface area (Å²) in [6.45, 7) is 0.750. The smallest absolute Gasteiger partial charge is 0.255 e. The van der Waals surface area contributed by atoms with Crippen molar-refractivity contribution in [2.45, 2.75) is 17.7 Å². The average Bonchev–Trinajstić information content (AvgIpc) is 3.56. The first-order valence-electron chi connectivity index (χ1n) is 9.59. The fraction of sp³-hybridized carbons (Fsp3) is 0.381.